The van der Waals surface area contributed by atoms with Crippen molar-refractivity contribution in [1.82, 2.24) is 0 Å². The van der Waals surface area contributed by atoms with E-state index in [0.29, 0.717) is 10.1 Å². The van der Waals surface area contributed by atoms with Crippen LogP contribution in [0.4, 0.5) is 4.39 Å². The van der Waals surface area contributed by atoms with Gasteiger partial charge in [-0.2, -0.15) is 0 Å². The zero-order chi connectivity index (χ0) is 11.5. The van der Waals surface area contributed by atoms with Crippen molar-refractivity contribution in [1.29, 1.82) is 0 Å². The van der Waals surface area contributed by atoms with E-state index in [1.165, 1.54) is 17.4 Å². The Balaban J connectivity index is 2.18. The van der Waals surface area contributed by atoms with Gasteiger partial charge < -0.3 is 0 Å². The third kappa shape index (κ3) is 2.70. The average Bonchev–Trinajstić information content (AvgIpc) is 2.64. The normalized spacial score (nSPS) is 12.6. The first-order valence-electron chi connectivity index (χ1n) is 4.54. The van der Waals surface area contributed by atoms with Gasteiger partial charge in [0.25, 0.3) is 0 Å². The van der Waals surface area contributed by atoms with Crippen LogP contribution in [0.3, 0.4) is 0 Å². The molecule has 0 amide bonds. The third-order valence-electron chi connectivity index (χ3n) is 1.98. The number of hydrogen-bond donors (Lipinski definition) is 0. The average molecular weight is 275 g/mol. The van der Waals surface area contributed by atoms with Crippen molar-refractivity contribution in [2.24, 2.45) is 0 Å². The van der Waals surface area contributed by atoms with E-state index in [2.05, 4.69) is 0 Å². The molecule has 2 aromatic rings. The largest absolute Gasteiger partial charge is 0.254 e. The highest BCUT2D eigenvalue weighted by Crippen LogP contribution is 2.24. The van der Waals surface area contributed by atoms with Gasteiger partial charge in [0.1, 0.15) is 5.82 Å². The molecule has 0 spiro atoms. The molecule has 0 N–H and O–H groups in total. The zero-order valence-corrected chi connectivity index (χ0v) is 10.5. The molecule has 0 radical (unpaired) electrons. The van der Waals surface area contributed by atoms with Gasteiger partial charge in [0.05, 0.1) is 25.8 Å². The summed E-state index contributed by atoms with van der Waals surface area (Å²) in [6, 6.07) is 9.68. The lowest BCUT2D eigenvalue weighted by Crippen LogP contribution is -1.97. The molecule has 2 rings (SSSR count). The lowest BCUT2D eigenvalue weighted by molar-refractivity contribution is 0.595. The number of rotatable bonds is 3. The van der Waals surface area contributed by atoms with Gasteiger partial charge in [-0.05, 0) is 24.3 Å². The summed E-state index contributed by atoms with van der Waals surface area (Å²) >= 11 is 7.13. The standard InChI is InChI=1S/C11H8ClFOS2/c12-11-6-5-8(15-11)7-16(14)10-4-2-1-3-9(10)13/h1-6H,7H2. The highest BCUT2D eigenvalue weighted by molar-refractivity contribution is 7.84. The van der Waals surface area contributed by atoms with Gasteiger partial charge in [-0.1, -0.05) is 23.7 Å². The highest BCUT2D eigenvalue weighted by Gasteiger charge is 2.10. The molecule has 1 aromatic carbocycles. The molecule has 0 aliphatic carbocycles. The van der Waals surface area contributed by atoms with Gasteiger partial charge in [0.2, 0.25) is 0 Å². The Morgan fingerprint density at radius 3 is 2.62 bits per heavy atom. The summed E-state index contributed by atoms with van der Waals surface area (Å²) in [5, 5.41) is 0. The van der Waals surface area contributed by atoms with Gasteiger partial charge in [-0.15, -0.1) is 11.3 Å². The fraction of sp³-hybridized carbons (Fsp3) is 0.0909. The number of benzene rings is 1. The summed E-state index contributed by atoms with van der Waals surface area (Å²) in [7, 11) is -1.36. The molecule has 84 valence electrons. The molecule has 0 fully saturated rings. The Kier molecular flexibility index (Phi) is 3.74. The predicted molar refractivity (Wildman–Crippen MR) is 65.8 cm³/mol. The van der Waals surface area contributed by atoms with Gasteiger partial charge in [-0.25, -0.2) is 4.39 Å². The Hall–Kier alpha value is -0.710. The van der Waals surface area contributed by atoms with Crippen molar-refractivity contribution in [3.8, 4) is 0 Å². The Bertz CT molecular complexity index is 524. The summed E-state index contributed by atoms with van der Waals surface area (Å²) in [5.41, 5.74) is 0. The summed E-state index contributed by atoms with van der Waals surface area (Å²) in [4.78, 5) is 1.14. The fourth-order valence-electron chi connectivity index (χ4n) is 1.27. The van der Waals surface area contributed by atoms with Crippen LogP contribution in [-0.4, -0.2) is 4.21 Å². The predicted octanol–water partition coefficient (Wildman–Crippen LogP) is 3.85. The molecular weight excluding hydrogens is 267 g/mol. The number of thiophene rings is 1. The minimum absolute atomic E-state index is 0.243. The van der Waals surface area contributed by atoms with Crippen molar-refractivity contribution < 1.29 is 8.60 Å². The van der Waals surface area contributed by atoms with Gasteiger partial charge in [-0.3, -0.25) is 4.21 Å². The minimum Gasteiger partial charge on any atom is -0.254 e. The third-order valence-corrected chi connectivity index (χ3v) is 4.79. The van der Waals surface area contributed by atoms with E-state index in [0.717, 1.165) is 4.88 Å². The summed E-state index contributed by atoms with van der Waals surface area (Å²) in [5.74, 6) is -0.123. The molecule has 1 heterocycles. The van der Waals surface area contributed by atoms with Crippen molar-refractivity contribution in [2.45, 2.75) is 10.6 Å². The SMILES string of the molecule is O=S(Cc1ccc(Cl)s1)c1ccccc1F. The number of halogens is 2. The van der Waals surface area contributed by atoms with Crippen LogP contribution < -0.4 is 0 Å². The number of hydrogen-bond acceptors (Lipinski definition) is 2. The summed E-state index contributed by atoms with van der Waals surface area (Å²) in [6.45, 7) is 0. The Labute approximate surface area is 104 Å². The van der Waals surface area contributed by atoms with Gasteiger partial charge in [0, 0.05) is 4.88 Å². The second kappa shape index (κ2) is 5.08. The molecule has 0 aliphatic rings. The topological polar surface area (TPSA) is 17.1 Å². The van der Waals surface area contributed by atoms with Crippen molar-refractivity contribution >= 4 is 33.7 Å². The molecule has 0 saturated heterocycles. The molecule has 1 aromatic heterocycles. The van der Waals surface area contributed by atoms with Crippen LogP contribution in [0.5, 0.6) is 0 Å². The monoisotopic (exact) mass is 274 g/mol. The Morgan fingerprint density at radius 1 is 1.25 bits per heavy atom. The van der Waals surface area contributed by atoms with Crippen LogP contribution >= 0.6 is 22.9 Å². The van der Waals surface area contributed by atoms with Crippen LogP contribution in [0, 0.1) is 5.82 Å². The van der Waals surface area contributed by atoms with Gasteiger partial charge >= 0.3 is 0 Å². The molecule has 1 atom stereocenters. The van der Waals surface area contributed by atoms with E-state index in [-0.39, 0.29) is 4.90 Å². The Morgan fingerprint density at radius 2 is 2.00 bits per heavy atom. The summed E-state index contributed by atoms with van der Waals surface area (Å²) < 4.78 is 25.9. The molecule has 5 heteroatoms. The lowest BCUT2D eigenvalue weighted by atomic mass is 10.3. The fourth-order valence-corrected chi connectivity index (χ4v) is 3.73. The first-order chi connectivity index (χ1) is 7.66. The maximum Gasteiger partial charge on any atom is 0.139 e. The molecule has 1 unspecified atom stereocenters. The van der Waals surface area contributed by atoms with Crippen molar-refractivity contribution in [3.63, 3.8) is 0 Å². The van der Waals surface area contributed by atoms with E-state index in [1.807, 2.05) is 6.07 Å². The maximum atomic E-state index is 13.3. The van der Waals surface area contributed by atoms with Crippen LogP contribution in [0.1, 0.15) is 4.88 Å². The van der Waals surface area contributed by atoms with E-state index in [9.17, 15) is 8.60 Å². The maximum absolute atomic E-state index is 13.3. The second-order valence-corrected chi connectivity index (χ2v) is 6.35. The van der Waals surface area contributed by atoms with Crippen LogP contribution in [0.15, 0.2) is 41.3 Å². The second-order valence-electron chi connectivity index (χ2n) is 3.13. The summed E-state index contributed by atoms with van der Waals surface area (Å²) in [6.07, 6.45) is 0. The first-order valence-corrected chi connectivity index (χ1v) is 7.05. The minimum atomic E-state index is -1.36. The van der Waals surface area contributed by atoms with Crippen molar-refractivity contribution in [2.75, 3.05) is 0 Å². The molecule has 1 nitrogen and oxygen atoms in total. The van der Waals surface area contributed by atoms with E-state index >= 15 is 0 Å². The highest BCUT2D eigenvalue weighted by atomic mass is 35.5. The van der Waals surface area contributed by atoms with E-state index in [4.69, 9.17) is 11.6 Å². The van der Waals surface area contributed by atoms with Crippen LogP contribution in [-0.2, 0) is 16.6 Å². The molecule has 16 heavy (non-hydrogen) atoms. The van der Waals surface area contributed by atoms with Crippen LogP contribution in [0.25, 0.3) is 0 Å². The van der Waals surface area contributed by atoms with E-state index in [1.54, 1.807) is 24.3 Å². The molecule has 0 saturated carbocycles. The lowest BCUT2D eigenvalue weighted by Gasteiger charge is -2.01. The van der Waals surface area contributed by atoms with E-state index < -0.39 is 16.6 Å². The first kappa shape index (κ1) is 11.8. The quantitative estimate of drug-likeness (QED) is 0.831. The van der Waals surface area contributed by atoms with Crippen LogP contribution in [0.2, 0.25) is 4.34 Å². The zero-order valence-electron chi connectivity index (χ0n) is 8.15. The molecule has 0 bridgehead atoms. The van der Waals surface area contributed by atoms with Gasteiger partial charge in [0.15, 0.2) is 0 Å². The molecular formula is C11H8ClFOS2. The molecule has 0 aliphatic heterocycles. The smallest absolute Gasteiger partial charge is 0.139 e. The van der Waals surface area contributed by atoms with Crippen molar-refractivity contribution in [3.05, 3.63) is 51.4 Å².